The van der Waals surface area contributed by atoms with Crippen molar-refractivity contribution in [1.82, 2.24) is 0 Å². The standard InChI is InChI=1S/C15H21NO3/c1-5-7-11(6-2)15(18)19-14-9-8-12(16(3)4)10-13(14)17/h7-10,17H,5-6H2,1-4H3/b11-7+. The van der Waals surface area contributed by atoms with Gasteiger partial charge in [0, 0.05) is 31.4 Å². The van der Waals surface area contributed by atoms with E-state index in [1.807, 2.05) is 38.9 Å². The lowest BCUT2D eigenvalue weighted by atomic mass is 10.2. The molecule has 104 valence electrons. The summed E-state index contributed by atoms with van der Waals surface area (Å²) >= 11 is 0. The zero-order valence-electron chi connectivity index (χ0n) is 11.9. The molecular formula is C15H21NO3. The number of phenolic OH excluding ortho intramolecular Hbond substituents is 1. The number of carbonyl (C=O) groups is 1. The number of esters is 1. The van der Waals surface area contributed by atoms with Crippen LogP contribution in [0.4, 0.5) is 5.69 Å². The van der Waals surface area contributed by atoms with Gasteiger partial charge < -0.3 is 14.7 Å². The van der Waals surface area contributed by atoms with Crippen LogP contribution in [0.2, 0.25) is 0 Å². The lowest BCUT2D eigenvalue weighted by Crippen LogP contribution is -2.12. The maximum Gasteiger partial charge on any atom is 0.339 e. The fourth-order valence-electron chi connectivity index (χ4n) is 1.65. The molecule has 19 heavy (non-hydrogen) atoms. The second-order valence-electron chi connectivity index (χ2n) is 4.43. The number of allylic oxidation sites excluding steroid dienone is 1. The summed E-state index contributed by atoms with van der Waals surface area (Å²) in [6.07, 6.45) is 3.24. The van der Waals surface area contributed by atoms with Crippen molar-refractivity contribution in [3.05, 3.63) is 29.8 Å². The number of hydrogen-bond donors (Lipinski definition) is 1. The monoisotopic (exact) mass is 263 g/mol. The highest BCUT2D eigenvalue weighted by molar-refractivity contribution is 5.90. The number of nitrogens with zero attached hydrogens (tertiary/aromatic N) is 1. The third-order valence-electron chi connectivity index (χ3n) is 2.76. The smallest absolute Gasteiger partial charge is 0.339 e. The molecule has 0 atom stereocenters. The van der Waals surface area contributed by atoms with Gasteiger partial charge in [-0.1, -0.05) is 19.9 Å². The van der Waals surface area contributed by atoms with Crippen LogP contribution in [0.3, 0.4) is 0 Å². The van der Waals surface area contributed by atoms with Crippen molar-refractivity contribution in [1.29, 1.82) is 0 Å². The van der Waals surface area contributed by atoms with Crippen LogP contribution in [-0.4, -0.2) is 25.2 Å². The normalized spacial score (nSPS) is 11.3. The van der Waals surface area contributed by atoms with Gasteiger partial charge in [-0.15, -0.1) is 0 Å². The van der Waals surface area contributed by atoms with Gasteiger partial charge in [0.1, 0.15) is 0 Å². The first-order chi connectivity index (χ1) is 8.99. The van der Waals surface area contributed by atoms with Gasteiger partial charge in [-0.25, -0.2) is 4.79 Å². The number of anilines is 1. The minimum absolute atomic E-state index is 0.0356. The second-order valence-corrected chi connectivity index (χ2v) is 4.43. The van der Waals surface area contributed by atoms with Crippen LogP contribution in [-0.2, 0) is 4.79 Å². The maximum atomic E-state index is 11.9. The summed E-state index contributed by atoms with van der Waals surface area (Å²) < 4.78 is 5.21. The van der Waals surface area contributed by atoms with Crippen molar-refractivity contribution < 1.29 is 14.6 Å². The molecule has 1 rings (SSSR count). The third kappa shape index (κ3) is 4.02. The molecule has 0 saturated heterocycles. The summed E-state index contributed by atoms with van der Waals surface area (Å²) in [6, 6.07) is 4.96. The largest absolute Gasteiger partial charge is 0.504 e. The number of hydrogen-bond acceptors (Lipinski definition) is 4. The SMILES string of the molecule is CC/C=C(\CC)C(=O)Oc1ccc(N(C)C)cc1O. The molecule has 0 aliphatic carbocycles. The van der Waals surface area contributed by atoms with Crippen LogP contribution in [0.25, 0.3) is 0 Å². The Bertz CT molecular complexity index is 478. The van der Waals surface area contributed by atoms with E-state index in [1.165, 1.54) is 0 Å². The Balaban J connectivity index is 2.88. The minimum Gasteiger partial charge on any atom is -0.504 e. The molecule has 0 unspecified atom stereocenters. The van der Waals surface area contributed by atoms with Crippen LogP contribution < -0.4 is 9.64 Å². The number of carbonyl (C=O) groups excluding carboxylic acids is 1. The van der Waals surface area contributed by atoms with Crippen molar-refractivity contribution in [3.63, 3.8) is 0 Å². The Morgan fingerprint density at radius 3 is 2.53 bits per heavy atom. The van der Waals surface area contributed by atoms with E-state index < -0.39 is 5.97 Å². The lowest BCUT2D eigenvalue weighted by molar-refractivity contribution is -0.130. The molecule has 1 N–H and O–H groups in total. The number of benzene rings is 1. The second kappa shape index (κ2) is 6.83. The molecule has 0 aliphatic heterocycles. The van der Waals surface area contributed by atoms with Crippen molar-refractivity contribution >= 4 is 11.7 Å². The zero-order valence-corrected chi connectivity index (χ0v) is 11.9. The fourth-order valence-corrected chi connectivity index (χ4v) is 1.65. The van der Waals surface area contributed by atoms with Gasteiger partial charge in [-0.05, 0) is 25.0 Å². The third-order valence-corrected chi connectivity index (χ3v) is 2.76. The summed E-state index contributed by atoms with van der Waals surface area (Å²) in [5, 5.41) is 9.85. The molecule has 0 heterocycles. The van der Waals surface area contributed by atoms with E-state index in [2.05, 4.69) is 0 Å². The average molecular weight is 263 g/mol. The molecule has 1 aromatic rings. The van der Waals surface area contributed by atoms with Crippen molar-refractivity contribution in [3.8, 4) is 11.5 Å². The van der Waals surface area contributed by atoms with Gasteiger partial charge >= 0.3 is 5.97 Å². The molecule has 0 spiro atoms. The first-order valence-electron chi connectivity index (χ1n) is 6.41. The summed E-state index contributed by atoms with van der Waals surface area (Å²) in [6.45, 7) is 3.87. The Morgan fingerprint density at radius 2 is 2.05 bits per heavy atom. The summed E-state index contributed by atoms with van der Waals surface area (Å²) in [5.41, 5.74) is 1.47. The molecular weight excluding hydrogens is 242 g/mol. The van der Waals surface area contributed by atoms with Gasteiger partial charge in [0.25, 0.3) is 0 Å². The van der Waals surface area contributed by atoms with E-state index in [0.717, 1.165) is 12.1 Å². The predicted octanol–water partition coefficient (Wildman–Crippen LogP) is 3.11. The van der Waals surface area contributed by atoms with Gasteiger partial charge in [-0.3, -0.25) is 0 Å². The topological polar surface area (TPSA) is 49.8 Å². The first-order valence-corrected chi connectivity index (χ1v) is 6.41. The van der Waals surface area contributed by atoms with Crippen molar-refractivity contribution in [2.75, 3.05) is 19.0 Å². The Morgan fingerprint density at radius 1 is 1.37 bits per heavy atom. The van der Waals surface area contributed by atoms with E-state index >= 15 is 0 Å². The van der Waals surface area contributed by atoms with E-state index in [9.17, 15) is 9.90 Å². The summed E-state index contributed by atoms with van der Waals surface area (Å²) in [7, 11) is 3.75. The summed E-state index contributed by atoms with van der Waals surface area (Å²) in [5.74, 6) is -0.255. The summed E-state index contributed by atoms with van der Waals surface area (Å²) in [4.78, 5) is 13.8. The fraction of sp³-hybridized carbons (Fsp3) is 0.400. The zero-order chi connectivity index (χ0) is 14.4. The number of ether oxygens (including phenoxy) is 1. The number of aromatic hydroxyl groups is 1. The van der Waals surface area contributed by atoms with Gasteiger partial charge in [-0.2, -0.15) is 0 Å². The van der Waals surface area contributed by atoms with E-state index in [-0.39, 0.29) is 11.5 Å². The number of rotatable bonds is 5. The quantitative estimate of drug-likeness (QED) is 0.504. The molecule has 0 amide bonds. The van der Waals surface area contributed by atoms with Crippen molar-refractivity contribution in [2.45, 2.75) is 26.7 Å². The molecule has 4 nitrogen and oxygen atoms in total. The minimum atomic E-state index is -0.405. The van der Waals surface area contributed by atoms with Crippen LogP contribution in [0.1, 0.15) is 26.7 Å². The van der Waals surface area contributed by atoms with Gasteiger partial charge in [0.15, 0.2) is 11.5 Å². The highest BCUT2D eigenvalue weighted by Crippen LogP contribution is 2.30. The molecule has 0 bridgehead atoms. The Kier molecular flexibility index (Phi) is 5.42. The highest BCUT2D eigenvalue weighted by Gasteiger charge is 2.13. The predicted molar refractivity (Wildman–Crippen MR) is 76.7 cm³/mol. The van der Waals surface area contributed by atoms with Crippen LogP contribution in [0, 0.1) is 0 Å². The Labute approximate surface area is 114 Å². The van der Waals surface area contributed by atoms with E-state index in [0.29, 0.717) is 12.0 Å². The van der Waals surface area contributed by atoms with Crippen LogP contribution in [0.5, 0.6) is 11.5 Å². The molecule has 4 heteroatoms. The molecule has 0 radical (unpaired) electrons. The Hall–Kier alpha value is -1.97. The molecule has 0 fully saturated rings. The lowest BCUT2D eigenvalue weighted by Gasteiger charge is -2.14. The first kappa shape index (κ1) is 15.1. The highest BCUT2D eigenvalue weighted by atomic mass is 16.5. The van der Waals surface area contributed by atoms with E-state index in [1.54, 1.807) is 18.2 Å². The maximum absolute atomic E-state index is 11.9. The van der Waals surface area contributed by atoms with Gasteiger partial charge in [0.2, 0.25) is 0 Å². The van der Waals surface area contributed by atoms with E-state index in [4.69, 9.17) is 4.74 Å². The van der Waals surface area contributed by atoms with Crippen molar-refractivity contribution in [2.24, 2.45) is 0 Å². The average Bonchev–Trinajstić information content (AvgIpc) is 2.37. The number of phenols is 1. The van der Waals surface area contributed by atoms with Crippen LogP contribution in [0.15, 0.2) is 29.8 Å². The molecule has 0 aliphatic rings. The van der Waals surface area contributed by atoms with Gasteiger partial charge in [0.05, 0.1) is 0 Å². The molecule has 1 aromatic carbocycles. The molecule has 0 aromatic heterocycles. The van der Waals surface area contributed by atoms with Crippen LogP contribution >= 0.6 is 0 Å². The molecule has 0 saturated carbocycles.